The molecule has 3 aromatic rings. The van der Waals surface area contributed by atoms with E-state index >= 15 is 0 Å². The molecule has 1 aromatic carbocycles. The van der Waals surface area contributed by atoms with Gasteiger partial charge in [0.1, 0.15) is 18.8 Å². The van der Waals surface area contributed by atoms with E-state index in [0.29, 0.717) is 64.9 Å². The average Bonchev–Trinajstić information content (AvgIpc) is 3.86. The fraction of sp³-hybridized carbons (Fsp3) is 0.485. The molecule has 2 aromatic heterocycles. The third kappa shape index (κ3) is 8.39. The van der Waals surface area contributed by atoms with Gasteiger partial charge in [0.25, 0.3) is 0 Å². The number of carbonyl (C=O) groups is 1. The number of pyridine rings is 2. The van der Waals surface area contributed by atoms with Crippen LogP contribution >= 0.6 is 34.8 Å². The SMILES string of the molecule is COCCCc1cc(CN(C(=O)C2CNCCC2(O)c2ccc(OCCOc3c(Cl)cc(C)cc3Cl)nc2)C2CC2)c(Cl)cn1. The molecule has 3 heterocycles. The molecule has 9 nitrogen and oxygen atoms in total. The molecule has 2 fully saturated rings. The molecule has 0 spiro atoms. The third-order valence-electron chi connectivity index (χ3n) is 8.25. The maximum absolute atomic E-state index is 14.2. The van der Waals surface area contributed by atoms with Crippen molar-refractivity contribution < 1.29 is 24.1 Å². The first-order chi connectivity index (χ1) is 21.7. The number of aliphatic hydroxyl groups is 1. The second kappa shape index (κ2) is 15.3. The van der Waals surface area contributed by atoms with E-state index in [1.165, 1.54) is 0 Å². The molecule has 12 heteroatoms. The van der Waals surface area contributed by atoms with Crippen molar-refractivity contribution in [3.63, 3.8) is 0 Å². The van der Waals surface area contributed by atoms with Gasteiger partial charge in [-0.1, -0.05) is 34.8 Å². The molecule has 0 radical (unpaired) electrons. The number of aromatic nitrogens is 2. The molecule has 45 heavy (non-hydrogen) atoms. The van der Waals surface area contributed by atoms with Gasteiger partial charge in [-0.05, 0) is 81.0 Å². The van der Waals surface area contributed by atoms with Crippen molar-refractivity contribution in [3.8, 4) is 11.6 Å². The molecule has 5 rings (SSSR count). The predicted molar refractivity (Wildman–Crippen MR) is 174 cm³/mol. The number of nitrogens with zero attached hydrogens (tertiary/aromatic N) is 3. The molecule has 2 unspecified atom stereocenters. The summed E-state index contributed by atoms with van der Waals surface area (Å²) in [4.78, 5) is 24.9. The summed E-state index contributed by atoms with van der Waals surface area (Å²) in [6.07, 6.45) is 7.07. The standard InChI is InChI=1S/C33H39Cl3N4O5/c1-21-14-27(34)31(28(35)15-21)45-13-12-44-30-8-5-23(17-39-30)33(42)9-10-37-18-26(33)32(41)40(25-6-7-25)20-22-16-24(4-3-11-43-2)38-19-29(22)36/h5,8,14-17,19,25-26,37,42H,3-4,6-7,9-13,18,20H2,1-2H3. The van der Waals surface area contributed by atoms with Crippen LogP contribution in [0.15, 0.2) is 42.7 Å². The average molecular weight is 678 g/mol. The number of aryl methyl sites for hydroxylation is 2. The summed E-state index contributed by atoms with van der Waals surface area (Å²) in [5.74, 6) is -0.0164. The topological polar surface area (TPSA) is 106 Å². The number of benzene rings is 1. The summed E-state index contributed by atoms with van der Waals surface area (Å²) in [5, 5.41) is 16.8. The third-order valence-corrected chi connectivity index (χ3v) is 9.15. The molecule has 1 aliphatic heterocycles. The summed E-state index contributed by atoms with van der Waals surface area (Å²) in [5.41, 5.74) is 1.89. The minimum atomic E-state index is -1.39. The molecule has 1 aliphatic carbocycles. The van der Waals surface area contributed by atoms with Crippen molar-refractivity contribution in [1.29, 1.82) is 0 Å². The molecular weight excluding hydrogens is 639 g/mol. The number of hydrogen-bond donors (Lipinski definition) is 2. The highest BCUT2D eigenvalue weighted by atomic mass is 35.5. The number of piperidine rings is 1. The number of rotatable bonds is 14. The van der Waals surface area contributed by atoms with Gasteiger partial charge < -0.3 is 29.5 Å². The predicted octanol–water partition coefficient (Wildman–Crippen LogP) is 5.77. The smallest absolute Gasteiger partial charge is 0.230 e. The maximum atomic E-state index is 14.2. The highest BCUT2D eigenvalue weighted by molar-refractivity contribution is 6.37. The Hall–Kier alpha value is -2.66. The van der Waals surface area contributed by atoms with E-state index in [1.54, 1.807) is 43.8 Å². The second-order valence-electron chi connectivity index (χ2n) is 11.6. The Morgan fingerprint density at radius 1 is 1.04 bits per heavy atom. The lowest BCUT2D eigenvalue weighted by atomic mass is 9.76. The Morgan fingerprint density at radius 2 is 1.80 bits per heavy atom. The number of amides is 1. The Kier molecular flexibility index (Phi) is 11.4. The summed E-state index contributed by atoms with van der Waals surface area (Å²) in [7, 11) is 1.68. The monoisotopic (exact) mass is 676 g/mol. The van der Waals surface area contributed by atoms with E-state index in [2.05, 4.69) is 15.3 Å². The van der Waals surface area contributed by atoms with Gasteiger partial charge in [-0.25, -0.2) is 4.98 Å². The van der Waals surface area contributed by atoms with Crippen LogP contribution in [0.25, 0.3) is 0 Å². The Bertz CT molecular complexity index is 1450. The Balaban J connectivity index is 1.24. The van der Waals surface area contributed by atoms with Crippen molar-refractivity contribution in [2.24, 2.45) is 5.92 Å². The summed E-state index contributed by atoms with van der Waals surface area (Å²) >= 11 is 19.1. The lowest BCUT2D eigenvalue weighted by Gasteiger charge is -2.42. The zero-order chi connectivity index (χ0) is 32.0. The van der Waals surface area contributed by atoms with Crippen LogP contribution < -0.4 is 14.8 Å². The van der Waals surface area contributed by atoms with Gasteiger partial charge in [0, 0.05) is 62.6 Å². The largest absolute Gasteiger partial charge is 0.487 e. The van der Waals surface area contributed by atoms with Crippen LogP contribution in [0.4, 0.5) is 0 Å². The molecule has 2 atom stereocenters. The van der Waals surface area contributed by atoms with E-state index in [1.807, 2.05) is 17.9 Å². The van der Waals surface area contributed by atoms with Crippen LogP contribution in [0.1, 0.15) is 48.1 Å². The lowest BCUT2D eigenvalue weighted by molar-refractivity contribution is -0.150. The van der Waals surface area contributed by atoms with Crippen LogP contribution in [0.5, 0.6) is 11.6 Å². The minimum Gasteiger partial charge on any atom is -0.487 e. The zero-order valence-electron chi connectivity index (χ0n) is 25.5. The summed E-state index contributed by atoms with van der Waals surface area (Å²) in [6, 6.07) is 9.13. The second-order valence-corrected chi connectivity index (χ2v) is 12.9. The number of ether oxygens (including phenoxy) is 3. The molecule has 0 bridgehead atoms. The molecule has 2 aliphatic rings. The molecule has 1 saturated heterocycles. The zero-order valence-corrected chi connectivity index (χ0v) is 27.8. The van der Waals surface area contributed by atoms with Crippen molar-refractivity contribution in [2.75, 3.05) is 40.0 Å². The van der Waals surface area contributed by atoms with Gasteiger partial charge in [0.2, 0.25) is 11.8 Å². The van der Waals surface area contributed by atoms with Crippen molar-refractivity contribution in [3.05, 3.63) is 80.2 Å². The normalized spacial score (nSPS) is 19.7. The van der Waals surface area contributed by atoms with Gasteiger partial charge in [-0.2, -0.15) is 0 Å². The quantitative estimate of drug-likeness (QED) is 0.207. The highest BCUT2D eigenvalue weighted by Crippen LogP contribution is 2.40. The first kappa shape index (κ1) is 33.7. The van der Waals surface area contributed by atoms with E-state index in [4.69, 9.17) is 49.0 Å². The van der Waals surface area contributed by atoms with Gasteiger partial charge in [0.15, 0.2) is 5.75 Å². The van der Waals surface area contributed by atoms with Crippen LogP contribution in [-0.4, -0.2) is 71.9 Å². The van der Waals surface area contributed by atoms with Crippen molar-refractivity contribution >= 4 is 40.7 Å². The maximum Gasteiger partial charge on any atom is 0.230 e. The minimum absolute atomic E-state index is 0.105. The van der Waals surface area contributed by atoms with E-state index in [-0.39, 0.29) is 25.2 Å². The number of halogens is 3. The van der Waals surface area contributed by atoms with Crippen LogP contribution in [0, 0.1) is 12.8 Å². The molecule has 1 saturated carbocycles. The first-order valence-electron chi connectivity index (χ1n) is 15.2. The highest BCUT2D eigenvalue weighted by Gasteiger charge is 2.48. The number of methoxy groups -OCH3 is 1. The fourth-order valence-corrected chi connectivity index (χ4v) is 6.55. The van der Waals surface area contributed by atoms with Crippen LogP contribution in [-0.2, 0) is 28.1 Å². The van der Waals surface area contributed by atoms with E-state index in [9.17, 15) is 9.90 Å². The molecule has 2 N–H and O–H groups in total. The Morgan fingerprint density at radius 3 is 2.49 bits per heavy atom. The van der Waals surface area contributed by atoms with E-state index < -0.39 is 11.5 Å². The molecule has 242 valence electrons. The van der Waals surface area contributed by atoms with Gasteiger partial charge in [-0.15, -0.1) is 0 Å². The molecular formula is C33H39Cl3N4O5. The summed E-state index contributed by atoms with van der Waals surface area (Å²) in [6.45, 7) is 4.27. The van der Waals surface area contributed by atoms with Gasteiger partial charge in [0.05, 0.1) is 21.0 Å². The van der Waals surface area contributed by atoms with Crippen LogP contribution in [0.3, 0.4) is 0 Å². The van der Waals surface area contributed by atoms with Crippen molar-refractivity contribution in [1.82, 2.24) is 20.2 Å². The molecule has 1 amide bonds. The number of hydrogen-bond acceptors (Lipinski definition) is 8. The van der Waals surface area contributed by atoms with Crippen molar-refractivity contribution in [2.45, 2.75) is 57.2 Å². The van der Waals surface area contributed by atoms with Crippen LogP contribution in [0.2, 0.25) is 15.1 Å². The number of carbonyl (C=O) groups excluding carboxylic acids is 1. The fourth-order valence-electron chi connectivity index (χ4n) is 5.68. The Labute approximate surface area is 279 Å². The first-order valence-corrected chi connectivity index (χ1v) is 16.4. The number of nitrogens with one attached hydrogen (secondary N) is 1. The lowest BCUT2D eigenvalue weighted by Crippen LogP contribution is -2.55. The van der Waals surface area contributed by atoms with Gasteiger partial charge in [-0.3, -0.25) is 9.78 Å². The summed E-state index contributed by atoms with van der Waals surface area (Å²) < 4.78 is 16.7. The van der Waals surface area contributed by atoms with Gasteiger partial charge >= 0.3 is 0 Å². The van der Waals surface area contributed by atoms with E-state index in [0.717, 1.165) is 42.5 Å².